The van der Waals surface area contributed by atoms with Gasteiger partial charge in [0.1, 0.15) is 6.33 Å². The van der Waals surface area contributed by atoms with Gasteiger partial charge in [0.05, 0.1) is 10.6 Å². The number of hydrazine groups is 1. The maximum absolute atomic E-state index is 11.6. The molecular formula is C18H16N6O4. The number of rotatable bonds is 7. The Bertz CT molecular complexity index is 999. The van der Waals surface area contributed by atoms with Crippen molar-refractivity contribution in [1.82, 2.24) is 9.97 Å². The molecule has 2 aromatic carbocycles. The zero-order valence-corrected chi connectivity index (χ0v) is 14.6. The first-order valence-corrected chi connectivity index (χ1v) is 8.39. The van der Waals surface area contributed by atoms with Crippen LogP contribution in [0, 0.1) is 10.1 Å². The highest BCUT2D eigenvalue weighted by molar-refractivity contribution is 5.70. The Hall–Kier alpha value is -4.08. The van der Waals surface area contributed by atoms with Crippen LogP contribution in [-0.2, 0) is 6.54 Å². The second-order valence-electron chi connectivity index (χ2n) is 5.83. The van der Waals surface area contributed by atoms with Crippen molar-refractivity contribution in [3.05, 3.63) is 70.5 Å². The van der Waals surface area contributed by atoms with Crippen LogP contribution in [0.3, 0.4) is 0 Å². The standard InChI is InChI=1S/C18H16N6O4/c25-24(26)16-17(19-9-12-6-7-14-15(8-12)28-11-27-14)20-10-21-18(16)23-22-13-4-2-1-3-5-13/h1-8,10,22H,9,11H2,(H2,19,20,21,23). The Morgan fingerprint density at radius 3 is 2.61 bits per heavy atom. The van der Waals surface area contributed by atoms with Gasteiger partial charge in [-0.2, -0.15) is 0 Å². The van der Waals surface area contributed by atoms with Gasteiger partial charge in [0.15, 0.2) is 11.5 Å². The van der Waals surface area contributed by atoms with E-state index in [0.29, 0.717) is 18.0 Å². The summed E-state index contributed by atoms with van der Waals surface area (Å²) in [7, 11) is 0. The van der Waals surface area contributed by atoms with Gasteiger partial charge in [0.25, 0.3) is 0 Å². The Balaban J connectivity index is 1.51. The molecule has 0 atom stereocenters. The number of anilines is 3. The maximum atomic E-state index is 11.6. The van der Waals surface area contributed by atoms with Crippen molar-refractivity contribution in [2.24, 2.45) is 0 Å². The van der Waals surface area contributed by atoms with Crippen LogP contribution in [0.4, 0.5) is 23.0 Å². The van der Waals surface area contributed by atoms with E-state index in [-0.39, 0.29) is 24.1 Å². The average Bonchev–Trinajstić information content (AvgIpc) is 3.19. The number of nitrogens with zero attached hydrogens (tertiary/aromatic N) is 3. The fourth-order valence-corrected chi connectivity index (χ4v) is 2.66. The summed E-state index contributed by atoms with van der Waals surface area (Å²) in [6, 6.07) is 14.7. The maximum Gasteiger partial charge on any atom is 0.354 e. The van der Waals surface area contributed by atoms with Gasteiger partial charge in [-0.1, -0.05) is 24.3 Å². The molecule has 1 aliphatic heterocycles. The third kappa shape index (κ3) is 3.70. The van der Waals surface area contributed by atoms with Crippen molar-refractivity contribution in [2.45, 2.75) is 6.54 Å². The summed E-state index contributed by atoms with van der Waals surface area (Å²) in [6.07, 6.45) is 1.25. The van der Waals surface area contributed by atoms with Crippen LogP contribution in [0.5, 0.6) is 11.5 Å². The molecule has 0 fully saturated rings. The van der Waals surface area contributed by atoms with Gasteiger partial charge in [-0.15, -0.1) is 0 Å². The molecule has 0 amide bonds. The van der Waals surface area contributed by atoms with Gasteiger partial charge in [0.2, 0.25) is 18.4 Å². The molecule has 0 bridgehead atoms. The first-order chi connectivity index (χ1) is 13.7. The molecule has 28 heavy (non-hydrogen) atoms. The number of ether oxygens (including phenoxy) is 2. The fourth-order valence-electron chi connectivity index (χ4n) is 2.66. The third-order valence-electron chi connectivity index (χ3n) is 4.00. The van der Waals surface area contributed by atoms with Gasteiger partial charge in [-0.25, -0.2) is 9.97 Å². The van der Waals surface area contributed by atoms with Gasteiger partial charge in [-0.05, 0) is 29.8 Å². The molecule has 3 aromatic rings. The first-order valence-electron chi connectivity index (χ1n) is 8.39. The van der Waals surface area contributed by atoms with E-state index < -0.39 is 4.92 Å². The number of nitrogens with one attached hydrogen (secondary N) is 3. The van der Waals surface area contributed by atoms with Crippen LogP contribution >= 0.6 is 0 Å². The van der Waals surface area contributed by atoms with E-state index in [4.69, 9.17) is 9.47 Å². The Labute approximate surface area is 159 Å². The van der Waals surface area contributed by atoms with Crippen molar-refractivity contribution >= 4 is 23.0 Å². The van der Waals surface area contributed by atoms with Crippen LogP contribution < -0.4 is 25.6 Å². The molecule has 10 nitrogen and oxygen atoms in total. The molecule has 4 rings (SSSR count). The van der Waals surface area contributed by atoms with E-state index in [2.05, 4.69) is 26.1 Å². The molecule has 1 aromatic heterocycles. The van der Waals surface area contributed by atoms with Crippen molar-refractivity contribution in [3.8, 4) is 11.5 Å². The highest BCUT2D eigenvalue weighted by Crippen LogP contribution is 2.33. The molecule has 1 aliphatic rings. The van der Waals surface area contributed by atoms with Crippen molar-refractivity contribution in [1.29, 1.82) is 0 Å². The minimum atomic E-state index is -0.531. The molecule has 0 spiro atoms. The molecular weight excluding hydrogens is 364 g/mol. The lowest BCUT2D eigenvalue weighted by molar-refractivity contribution is -0.383. The van der Waals surface area contributed by atoms with Crippen molar-refractivity contribution < 1.29 is 14.4 Å². The normalized spacial score (nSPS) is 11.7. The SMILES string of the molecule is O=[N+]([O-])c1c(NCc2ccc3c(c2)OCO3)ncnc1NNc1ccccc1. The summed E-state index contributed by atoms with van der Waals surface area (Å²) in [5, 5.41) is 14.6. The minimum Gasteiger partial charge on any atom is -0.454 e. The Morgan fingerprint density at radius 1 is 1.00 bits per heavy atom. The predicted molar refractivity (Wildman–Crippen MR) is 102 cm³/mol. The number of aromatic nitrogens is 2. The van der Waals surface area contributed by atoms with Crippen LogP contribution in [0.1, 0.15) is 5.56 Å². The van der Waals surface area contributed by atoms with E-state index in [0.717, 1.165) is 11.3 Å². The highest BCUT2D eigenvalue weighted by Gasteiger charge is 2.23. The van der Waals surface area contributed by atoms with E-state index >= 15 is 0 Å². The number of hydrogen-bond acceptors (Lipinski definition) is 9. The van der Waals surface area contributed by atoms with Gasteiger partial charge >= 0.3 is 5.69 Å². The summed E-state index contributed by atoms with van der Waals surface area (Å²) in [5.41, 5.74) is 7.00. The van der Waals surface area contributed by atoms with Crippen LogP contribution in [-0.4, -0.2) is 21.7 Å². The van der Waals surface area contributed by atoms with Crippen LogP contribution in [0.25, 0.3) is 0 Å². The third-order valence-corrected chi connectivity index (χ3v) is 4.00. The van der Waals surface area contributed by atoms with E-state index in [9.17, 15) is 10.1 Å². The number of fused-ring (bicyclic) bond motifs is 1. The molecule has 0 unspecified atom stereocenters. The quantitative estimate of drug-likeness (QED) is 0.419. The van der Waals surface area contributed by atoms with Gasteiger partial charge in [-0.3, -0.25) is 21.0 Å². The molecule has 142 valence electrons. The predicted octanol–water partition coefficient (Wildman–Crippen LogP) is 3.16. The zero-order chi connectivity index (χ0) is 19.3. The molecule has 0 saturated carbocycles. The second-order valence-corrected chi connectivity index (χ2v) is 5.83. The monoisotopic (exact) mass is 380 g/mol. The largest absolute Gasteiger partial charge is 0.454 e. The van der Waals surface area contributed by atoms with Crippen LogP contribution in [0.15, 0.2) is 54.9 Å². The molecule has 0 saturated heterocycles. The lowest BCUT2D eigenvalue weighted by Gasteiger charge is -2.11. The number of nitro groups is 1. The summed E-state index contributed by atoms with van der Waals surface area (Å²) in [5.74, 6) is 1.48. The summed E-state index contributed by atoms with van der Waals surface area (Å²) < 4.78 is 10.6. The first kappa shape index (κ1) is 17.3. The molecule has 2 heterocycles. The van der Waals surface area contributed by atoms with E-state index in [1.54, 1.807) is 6.07 Å². The fraction of sp³-hybridized carbons (Fsp3) is 0.111. The van der Waals surface area contributed by atoms with Crippen molar-refractivity contribution in [2.75, 3.05) is 23.0 Å². The van der Waals surface area contributed by atoms with Gasteiger partial charge < -0.3 is 14.8 Å². The lowest BCUT2D eigenvalue weighted by Crippen LogP contribution is -2.14. The average molecular weight is 380 g/mol. The van der Waals surface area contributed by atoms with Crippen molar-refractivity contribution in [3.63, 3.8) is 0 Å². The van der Waals surface area contributed by atoms with E-state index in [1.807, 2.05) is 42.5 Å². The van der Waals surface area contributed by atoms with E-state index in [1.165, 1.54) is 6.33 Å². The molecule has 10 heteroatoms. The summed E-state index contributed by atoms with van der Waals surface area (Å²) >= 11 is 0. The topological polar surface area (TPSA) is 123 Å². The van der Waals surface area contributed by atoms with Gasteiger partial charge in [0, 0.05) is 6.54 Å². The number of benzene rings is 2. The zero-order valence-electron chi connectivity index (χ0n) is 14.6. The second kappa shape index (κ2) is 7.66. The minimum absolute atomic E-state index is 0.0528. The highest BCUT2D eigenvalue weighted by atomic mass is 16.7. The smallest absolute Gasteiger partial charge is 0.354 e. The number of hydrogen-bond donors (Lipinski definition) is 3. The summed E-state index contributed by atoms with van der Waals surface area (Å²) in [4.78, 5) is 19.1. The summed E-state index contributed by atoms with van der Waals surface area (Å²) in [6.45, 7) is 0.507. The lowest BCUT2D eigenvalue weighted by atomic mass is 10.2. The molecule has 0 radical (unpaired) electrons. The van der Waals surface area contributed by atoms with Crippen LogP contribution in [0.2, 0.25) is 0 Å². The number of para-hydroxylation sites is 1. The molecule has 3 N–H and O–H groups in total. The molecule has 0 aliphatic carbocycles. The Kier molecular flexibility index (Phi) is 4.74. The Morgan fingerprint density at radius 2 is 1.79 bits per heavy atom.